The highest BCUT2D eigenvalue weighted by molar-refractivity contribution is 5.95. The van der Waals surface area contributed by atoms with Crippen LogP contribution < -0.4 is 16.4 Å². The third-order valence-corrected chi connectivity index (χ3v) is 5.16. The summed E-state index contributed by atoms with van der Waals surface area (Å²) in [6, 6.07) is 7.03. The SMILES string of the molecule is C[C@@H]1[C@@H](C)CCC[C@H]1[NH2+][C@@H](C)C(=O)Nc1ccc(C(N)=O)cc1. The van der Waals surface area contributed by atoms with E-state index in [2.05, 4.69) is 24.5 Å². The molecule has 5 heteroatoms. The fraction of sp³-hybridized carbons (Fsp3) is 0.556. The number of nitrogens with one attached hydrogen (secondary N) is 1. The molecule has 1 aliphatic rings. The van der Waals surface area contributed by atoms with Gasteiger partial charge in [-0.15, -0.1) is 0 Å². The summed E-state index contributed by atoms with van der Waals surface area (Å²) in [5.74, 6) is 0.877. The Morgan fingerprint density at radius 3 is 2.48 bits per heavy atom. The van der Waals surface area contributed by atoms with Crippen LogP contribution in [0.4, 0.5) is 5.69 Å². The fourth-order valence-corrected chi connectivity index (χ4v) is 3.33. The highest BCUT2D eigenvalue weighted by Gasteiger charge is 2.32. The fourth-order valence-electron chi connectivity index (χ4n) is 3.33. The second-order valence-corrected chi connectivity index (χ2v) is 6.84. The normalized spacial score (nSPS) is 25.6. The first-order valence-electron chi connectivity index (χ1n) is 8.44. The van der Waals surface area contributed by atoms with Gasteiger partial charge in [0, 0.05) is 17.2 Å². The first-order valence-corrected chi connectivity index (χ1v) is 8.44. The van der Waals surface area contributed by atoms with Crippen molar-refractivity contribution in [2.24, 2.45) is 17.6 Å². The van der Waals surface area contributed by atoms with Crippen LogP contribution >= 0.6 is 0 Å². The summed E-state index contributed by atoms with van der Waals surface area (Å²) < 4.78 is 0. The van der Waals surface area contributed by atoms with Gasteiger partial charge in [-0.1, -0.05) is 13.8 Å². The van der Waals surface area contributed by atoms with Crippen LogP contribution in [0.2, 0.25) is 0 Å². The summed E-state index contributed by atoms with van der Waals surface area (Å²) in [6.45, 7) is 6.53. The van der Waals surface area contributed by atoms with E-state index in [1.165, 1.54) is 19.3 Å². The summed E-state index contributed by atoms with van der Waals surface area (Å²) >= 11 is 0. The molecule has 1 aromatic carbocycles. The van der Waals surface area contributed by atoms with Crippen molar-refractivity contribution in [3.8, 4) is 0 Å². The lowest BCUT2D eigenvalue weighted by Gasteiger charge is -2.33. The van der Waals surface area contributed by atoms with E-state index in [9.17, 15) is 9.59 Å². The molecule has 0 heterocycles. The zero-order chi connectivity index (χ0) is 17.0. The molecule has 126 valence electrons. The van der Waals surface area contributed by atoms with Crippen molar-refractivity contribution in [3.63, 3.8) is 0 Å². The molecule has 23 heavy (non-hydrogen) atoms. The summed E-state index contributed by atoms with van der Waals surface area (Å²) in [5.41, 5.74) is 6.33. The summed E-state index contributed by atoms with van der Waals surface area (Å²) in [4.78, 5) is 23.4. The van der Waals surface area contributed by atoms with E-state index in [-0.39, 0.29) is 11.9 Å². The minimum absolute atomic E-state index is 0.0118. The van der Waals surface area contributed by atoms with Crippen molar-refractivity contribution in [1.82, 2.24) is 0 Å². The number of nitrogens with two attached hydrogens (primary N) is 2. The van der Waals surface area contributed by atoms with Crippen molar-refractivity contribution in [2.75, 3.05) is 5.32 Å². The minimum atomic E-state index is -0.468. The minimum Gasteiger partial charge on any atom is -0.366 e. The molecule has 5 nitrogen and oxygen atoms in total. The molecule has 0 aromatic heterocycles. The van der Waals surface area contributed by atoms with Crippen molar-refractivity contribution in [3.05, 3.63) is 29.8 Å². The van der Waals surface area contributed by atoms with E-state index < -0.39 is 5.91 Å². The Morgan fingerprint density at radius 1 is 1.22 bits per heavy atom. The van der Waals surface area contributed by atoms with Gasteiger partial charge in [-0.2, -0.15) is 0 Å². The summed E-state index contributed by atoms with van der Waals surface area (Å²) in [7, 11) is 0. The molecule has 1 saturated carbocycles. The van der Waals surface area contributed by atoms with Gasteiger partial charge in [-0.25, -0.2) is 0 Å². The quantitative estimate of drug-likeness (QED) is 0.768. The van der Waals surface area contributed by atoms with Gasteiger partial charge in [0.05, 0.1) is 6.04 Å². The molecule has 2 amide bonds. The molecule has 0 aliphatic heterocycles. The van der Waals surface area contributed by atoms with Crippen LogP contribution in [-0.4, -0.2) is 23.9 Å². The van der Waals surface area contributed by atoms with E-state index in [1.807, 2.05) is 6.92 Å². The molecule has 1 aromatic rings. The maximum absolute atomic E-state index is 12.4. The third-order valence-electron chi connectivity index (χ3n) is 5.16. The smallest absolute Gasteiger partial charge is 0.282 e. The summed E-state index contributed by atoms with van der Waals surface area (Å²) in [5, 5.41) is 5.10. The number of primary amides is 1. The zero-order valence-corrected chi connectivity index (χ0v) is 14.2. The van der Waals surface area contributed by atoms with Crippen LogP contribution in [0, 0.1) is 11.8 Å². The van der Waals surface area contributed by atoms with Crippen molar-refractivity contribution >= 4 is 17.5 Å². The average molecular weight is 318 g/mol. The van der Waals surface area contributed by atoms with Crippen LogP contribution in [0.5, 0.6) is 0 Å². The number of quaternary nitrogens is 1. The predicted molar refractivity (Wildman–Crippen MR) is 90.9 cm³/mol. The van der Waals surface area contributed by atoms with Gasteiger partial charge in [0.15, 0.2) is 6.04 Å². The maximum Gasteiger partial charge on any atom is 0.282 e. The highest BCUT2D eigenvalue weighted by Crippen LogP contribution is 2.27. The number of carbonyl (C=O) groups is 2. The van der Waals surface area contributed by atoms with Gasteiger partial charge in [0.1, 0.15) is 0 Å². The van der Waals surface area contributed by atoms with Crippen LogP contribution in [-0.2, 0) is 4.79 Å². The molecule has 4 atom stereocenters. The predicted octanol–water partition coefficient (Wildman–Crippen LogP) is 1.50. The second kappa shape index (κ2) is 7.59. The Bertz CT molecular complexity index is 556. The summed E-state index contributed by atoms with van der Waals surface area (Å²) in [6.07, 6.45) is 3.71. The largest absolute Gasteiger partial charge is 0.366 e. The number of rotatable bonds is 5. The van der Waals surface area contributed by atoms with Gasteiger partial charge >= 0.3 is 0 Å². The Labute approximate surface area is 138 Å². The van der Waals surface area contributed by atoms with E-state index in [0.717, 1.165) is 5.92 Å². The van der Waals surface area contributed by atoms with E-state index in [0.29, 0.717) is 23.2 Å². The van der Waals surface area contributed by atoms with Crippen LogP contribution in [0.15, 0.2) is 24.3 Å². The number of carbonyl (C=O) groups excluding carboxylic acids is 2. The molecule has 1 aliphatic carbocycles. The molecule has 5 N–H and O–H groups in total. The molecule has 0 unspecified atom stereocenters. The molecule has 2 rings (SSSR count). The van der Waals surface area contributed by atoms with Gasteiger partial charge in [0.2, 0.25) is 5.91 Å². The van der Waals surface area contributed by atoms with E-state index in [4.69, 9.17) is 5.73 Å². The number of hydrogen-bond acceptors (Lipinski definition) is 2. The van der Waals surface area contributed by atoms with Gasteiger partial charge in [-0.3, -0.25) is 9.59 Å². The van der Waals surface area contributed by atoms with Crippen molar-refractivity contribution in [2.45, 2.75) is 52.1 Å². The Balaban J connectivity index is 1.90. The molecule has 0 saturated heterocycles. The number of amides is 2. The average Bonchev–Trinajstić information content (AvgIpc) is 2.52. The number of benzene rings is 1. The number of hydrogen-bond donors (Lipinski definition) is 3. The topological polar surface area (TPSA) is 88.8 Å². The van der Waals surface area contributed by atoms with Crippen molar-refractivity contribution in [1.29, 1.82) is 0 Å². The van der Waals surface area contributed by atoms with Gasteiger partial charge in [-0.05, 0) is 56.4 Å². The van der Waals surface area contributed by atoms with Gasteiger partial charge < -0.3 is 16.4 Å². The Kier molecular flexibility index (Phi) is 5.77. The first-order chi connectivity index (χ1) is 10.9. The molecular formula is C18H28N3O2+. The zero-order valence-electron chi connectivity index (χ0n) is 14.2. The Hall–Kier alpha value is -1.88. The van der Waals surface area contributed by atoms with Crippen LogP contribution in [0.3, 0.4) is 0 Å². The molecule has 0 bridgehead atoms. The lowest BCUT2D eigenvalue weighted by atomic mass is 9.78. The van der Waals surface area contributed by atoms with Gasteiger partial charge in [0.25, 0.3) is 5.91 Å². The second-order valence-electron chi connectivity index (χ2n) is 6.84. The highest BCUT2D eigenvalue weighted by atomic mass is 16.2. The van der Waals surface area contributed by atoms with E-state index in [1.54, 1.807) is 24.3 Å². The van der Waals surface area contributed by atoms with Crippen LogP contribution in [0.25, 0.3) is 0 Å². The van der Waals surface area contributed by atoms with E-state index >= 15 is 0 Å². The molecule has 0 radical (unpaired) electrons. The standard InChI is InChI=1S/C18H27N3O2/c1-11-5-4-6-16(12(11)2)20-13(3)18(23)21-15-9-7-14(8-10-15)17(19)22/h7-13,16,20H,4-6H2,1-3H3,(H2,19,22)(H,21,23)/p+1/t11-,12+,13-,16+/m0/s1. The molecule has 1 fully saturated rings. The monoisotopic (exact) mass is 318 g/mol. The first kappa shape index (κ1) is 17.5. The maximum atomic E-state index is 12.4. The Morgan fingerprint density at radius 2 is 1.87 bits per heavy atom. The van der Waals surface area contributed by atoms with Crippen molar-refractivity contribution < 1.29 is 14.9 Å². The lowest BCUT2D eigenvalue weighted by molar-refractivity contribution is -0.715. The van der Waals surface area contributed by atoms with Crippen LogP contribution in [0.1, 0.15) is 50.4 Å². The number of anilines is 1. The molecular weight excluding hydrogens is 290 g/mol. The lowest BCUT2D eigenvalue weighted by Crippen LogP contribution is -2.97. The third kappa shape index (κ3) is 4.55. The molecule has 0 spiro atoms.